The molecule has 3 aromatic heterocycles. The molecular weight excluding hydrogens is 335 g/mol. The van der Waals surface area contributed by atoms with E-state index in [0.717, 1.165) is 10.9 Å². The number of aromatic nitrogens is 3. The van der Waals surface area contributed by atoms with Crippen LogP contribution in [0.1, 0.15) is 10.4 Å². The number of ether oxygens (including phenoxy) is 1. The molecule has 0 saturated heterocycles. The Morgan fingerprint density at radius 2 is 2.08 bits per heavy atom. The normalized spacial score (nSPS) is 11.0. The minimum absolute atomic E-state index is 0.0889. The number of pyridine rings is 1. The second-order valence-electron chi connectivity index (χ2n) is 5.76. The molecule has 1 aromatic carbocycles. The third kappa shape index (κ3) is 2.41. The van der Waals surface area contributed by atoms with Crippen molar-refractivity contribution >= 4 is 16.9 Å². The number of nitrogens with zero attached hydrogens (tertiary/aromatic N) is 1. The van der Waals surface area contributed by atoms with Crippen molar-refractivity contribution in [3.63, 3.8) is 0 Å². The van der Waals surface area contributed by atoms with E-state index >= 15 is 0 Å². The van der Waals surface area contributed by atoms with Gasteiger partial charge in [-0.25, -0.2) is 9.37 Å². The van der Waals surface area contributed by atoms with Crippen molar-refractivity contribution in [2.24, 2.45) is 5.73 Å². The molecule has 0 aliphatic carbocycles. The third-order valence-corrected chi connectivity index (χ3v) is 4.29. The Morgan fingerprint density at radius 3 is 2.85 bits per heavy atom. The topological polar surface area (TPSA) is 96.8 Å². The van der Waals surface area contributed by atoms with Gasteiger partial charge in [-0.2, -0.15) is 0 Å². The van der Waals surface area contributed by atoms with Crippen LogP contribution < -0.4 is 10.5 Å². The van der Waals surface area contributed by atoms with E-state index in [1.54, 1.807) is 30.6 Å². The van der Waals surface area contributed by atoms with E-state index in [0.29, 0.717) is 17.0 Å². The highest BCUT2D eigenvalue weighted by Gasteiger charge is 2.20. The summed E-state index contributed by atoms with van der Waals surface area (Å²) in [6.45, 7) is 0. The summed E-state index contributed by atoms with van der Waals surface area (Å²) in [6, 6.07) is 10.1. The molecule has 0 bridgehead atoms. The van der Waals surface area contributed by atoms with Gasteiger partial charge in [0.1, 0.15) is 5.65 Å². The standard InChI is InChI=1S/C19H15FN4O2/c1-26-15-4-2-3-12(16(15)20)17-13(18(21)25)9-14(24-17)10-5-7-22-19-11(10)6-8-23-19/h2-9,24H,1H3,(H2,21,25)(H,22,23). The summed E-state index contributed by atoms with van der Waals surface area (Å²) in [6.07, 6.45) is 3.44. The van der Waals surface area contributed by atoms with E-state index in [1.165, 1.54) is 13.2 Å². The van der Waals surface area contributed by atoms with Crippen molar-refractivity contribution in [1.29, 1.82) is 0 Å². The average Bonchev–Trinajstić information content (AvgIpc) is 3.28. The van der Waals surface area contributed by atoms with E-state index < -0.39 is 11.7 Å². The molecular formula is C19H15FN4O2. The van der Waals surface area contributed by atoms with E-state index in [2.05, 4.69) is 15.0 Å². The third-order valence-electron chi connectivity index (χ3n) is 4.29. The lowest BCUT2D eigenvalue weighted by molar-refractivity contribution is 0.100. The molecule has 4 rings (SSSR count). The van der Waals surface area contributed by atoms with Gasteiger partial charge in [0.25, 0.3) is 5.91 Å². The van der Waals surface area contributed by atoms with Gasteiger partial charge in [0.15, 0.2) is 11.6 Å². The van der Waals surface area contributed by atoms with Gasteiger partial charge in [0, 0.05) is 34.6 Å². The summed E-state index contributed by atoms with van der Waals surface area (Å²) < 4.78 is 19.7. The van der Waals surface area contributed by atoms with Crippen LogP contribution in [0.15, 0.2) is 48.8 Å². The first-order valence-corrected chi connectivity index (χ1v) is 7.88. The first kappa shape index (κ1) is 15.9. The molecule has 0 fully saturated rings. The largest absolute Gasteiger partial charge is 0.494 e. The van der Waals surface area contributed by atoms with Crippen LogP contribution in [0.2, 0.25) is 0 Å². The number of carbonyl (C=O) groups is 1. The maximum Gasteiger partial charge on any atom is 0.250 e. The van der Waals surface area contributed by atoms with Gasteiger partial charge in [-0.1, -0.05) is 6.07 Å². The fourth-order valence-corrected chi connectivity index (χ4v) is 3.06. The molecule has 26 heavy (non-hydrogen) atoms. The Bertz CT molecular complexity index is 1130. The summed E-state index contributed by atoms with van der Waals surface area (Å²) in [5.41, 5.74) is 8.43. The zero-order valence-corrected chi connectivity index (χ0v) is 13.8. The molecule has 0 aliphatic heterocycles. The lowest BCUT2D eigenvalue weighted by atomic mass is 10.1. The average molecular weight is 350 g/mol. The molecule has 1 amide bonds. The molecule has 0 unspecified atom stereocenters. The lowest BCUT2D eigenvalue weighted by Gasteiger charge is -2.07. The zero-order chi connectivity index (χ0) is 18.3. The van der Waals surface area contributed by atoms with Crippen molar-refractivity contribution in [3.8, 4) is 28.3 Å². The van der Waals surface area contributed by atoms with Gasteiger partial charge in [0.2, 0.25) is 0 Å². The highest BCUT2D eigenvalue weighted by molar-refractivity contribution is 6.02. The number of primary amides is 1. The molecule has 3 heterocycles. The highest BCUT2D eigenvalue weighted by atomic mass is 19.1. The molecule has 6 nitrogen and oxygen atoms in total. The Kier molecular flexibility index (Phi) is 3.69. The van der Waals surface area contributed by atoms with Crippen LogP contribution >= 0.6 is 0 Å². The maximum atomic E-state index is 14.7. The lowest BCUT2D eigenvalue weighted by Crippen LogP contribution is -2.11. The first-order chi connectivity index (χ1) is 12.6. The number of benzene rings is 1. The number of hydrogen-bond donors (Lipinski definition) is 3. The summed E-state index contributed by atoms with van der Waals surface area (Å²) in [5, 5.41) is 0.877. The van der Waals surface area contributed by atoms with Crippen LogP contribution in [0.4, 0.5) is 4.39 Å². The van der Waals surface area contributed by atoms with Gasteiger partial charge < -0.3 is 20.4 Å². The number of H-pyrrole nitrogens is 2. The van der Waals surface area contributed by atoms with E-state index in [9.17, 15) is 9.18 Å². The number of aromatic amines is 2. The van der Waals surface area contributed by atoms with Crippen LogP contribution in [0.25, 0.3) is 33.5 Å². The van der Waals surface area contributed by atoms with Crippen molar-refractivity contribution < 1.29 is 13.9 Å². The molecule has 7 heteroatoms. The van der Waals surface area contributed by atoms with Crippen LogP contribution in [-0.4, -0.2) is 28.0 Å². The van der Waals surface area contributed by atoms with E-state index in [1.807, 2.05) is 12.1 Å². The number of nitrogens with one attached hydrogen (secondary N) is 2. The fourth-order valence-electron chi connectivity index (χ4n) is 3.06. The molecule has 0 atom stereocenters. The minimum atomic E-state index is -0.649. The van der Waals surface area contributed by atoms with Crippen molar-refractivity contribution in [3.05, 3.63) is 60.2 Å². The number of nitrogens with two attached hydrogens (primary N) is 1. The fraction of sp³-hybridized carbons (Fsp3) is 0.0526. The van der Waals surface area contributed by atoms with Gasteiger partial charge in [-0.15, -0.1) is 0 Å². The number of halogens is 1. The monoisotopic (exact) mass is 350 g/mol. The molecule has 4 N–H and O–H groups in total. The Hall–Kier alpha value is -3.61. The summed E-state index contributed by atoms with van der Waals surface area (Å²) in [7, 11) is 1.39. The molecule has 4 aromatic rings. The first-order valence-electron chi connectivity index (χ1n) is 7.88. The Balaban J connectivity index is 1.95. The van der Waals surface area contributed by atoms with E-state index in [4.69, 9.17) is 10.5 Å². The summed E-state index contributed by atoms with van der Waals surface area (Å²) >= 11 is 0. The molecule has 0 spiro atoms. The number of carbonyl (C=O) groups excluding carboxylic acids is 1. The number of rotatable bonds is 4. The van der Waals surface area contributed by atoms with Gasteiger partial charge in [0.05, 0.1) is 18.4 Å². The van der Waals surface area contributed by atoms with Crippen molar-refractivity contribution in [2.45, 2.75) is 0 Å². The number of hydrogen-bond acceptors (Lipinski definition) is 3. The highest BCUT2D eigenvalue weighted by Crippen LogP contribution is 2.35. The van der Waals surface area contributed by atoms with Crippen molar-refractivity contribution in [2.75, 3.05) is 7.11 Å². The second-order valence-corrected chi connectivity index (χ2v) is 5.76. The Morgan fingerprint density at radius 1 is 1.23 bits per heavy atom. The van der Waals surface area contributed by atoms with Crippen molar-refractivity contribution in [1.82, 2.24) is 15.0 Å². The molecule has 130 valence electrons. The van der Waals surface area contributed by atoms with Gasteiger partial charge >= 0.3 is 0 Å². The molecule has 0 saturated carbocycles. The smallest absolute Gasteiger partial charge is 0.250 e. The number of fused-ring (bicyclic) bond motifs is 1. The van der Waals surface area contributed by atoms with Crippen LogP contribution in [0.3, 0.4) is 0 Å². The van der Waals surface area contributed by atoms with Gasteiger partial charge in [-0.05, 0) is 30.3 Å². The summed E-state index contributed by atoms with van der Waals surface area (Å²) in [4.78, 5) is 22.4. The summed E-state index contributed by atoms with van der Waals surface area (Å²) in [5.74, 6) is -1.12. The molecule has 0 aliphatic rings. The predicted molar refractivity (Wildman–Crippen MR) is 96.3 cm³/mol. The number of methoxy groups -OCH3 is 1. The quantitative estimate of drug-likeness (QED) is 0.526. The maximum absolute atomic E-state index is 14.7. The van der Waals surface area contributed by atoms with Crippen LogP contribution in [0.5, 0.6) is 5.75 Å². The second kappa shape index (κ2) is 6.03. The van der Waals surface area contributed by atoms with Gasteiger partial charge in [-0.3, -0.25) is 4.79 Å². The predicted octanol–water partition coefficient (Wildman–Crippen LogP) is 3.47. The SMILES string of the molecule is COc1cccc(-c2[nH]c(-c3ccnc4[nH]ccc34)cc2C(N)=O)c1F. The number of amides is 1. The van der Waals surface area contributed by atoms with E-state index in [-0.39, 0.29) is 16.9 Å². The zero-order valence-electron chi connectivity index (χ0n) is 13.8. The minimum Gasteiger partial charge on any atom is -0.494 e. The molecule has 0 radical (unpaired) electrons. The van der Waals surface area contributed by atoms with Crippen LogP contribution in [0, 0.1) is 5.82 Å². The Labute approximate surface area is 147 Å². The van der Waals surface area contributed by atoms with Crippen LogP contribution in [-0.2, 0) is 0 Å².